The summed E-state index contributed by atoms with van der Waals surface area (Å²) in [6.45, 7) is 2.76. The van der Waals surface area contributed by atoms with Crippen LogP contribution in [-0.2, 0) is 6.54 Å². The summed E-state index contributed by atoms with van der Waals surface area (Å²) in [5.41, 5.74) is 2.48. The number of hydrogen-bond acceptors (Lipinski definition) is 2. The van der Waals surface area contributed by atoms with Crippen molar-refractivity contribution in [2.45, 2.75) is 19.9 Å². The molecule has 1 heterocycles. The van der Waals surface area contributed by atoms with E-state index in [2.05, 4.69) is 6.92 Å². The first-order valence-corrected chi connectivity index (χ1v) is 7.12. The Kier molecular flexibility index (Phi) is 3.48. The third kappa shape index (κ3) is 2.42. The predicted octanol–water partition coefficient (Wildman–Crippen LogP) is 3.78. The number of aromatic nitrogens is 1. The maximum Gasteiger partial charge on any atom is 0.258 e. The molecule has 3 aromatic rings. The van der Waals surface area contributed by atoms with Crippen LogP contribution >= 0.6 is 0 Å². The number of phenols is 1. The average molecular weight is 279 g/mol. The summed E-state index contributed by atoms with van der Waals surface area (Å²) in [5, 5.41) is 10.4. The van der Waals surface area contributed by atoms with Crippen molar-refractivity contribution in [1.82, 2.24) is 4.57 Å². The van der Waals surface area contributed by atoms with Crippen molar-refractivity contribution < 1.29 is 5.11 Å². The van der Waals surface area contributed by atoms with Crippen LogP contribution in [-0.4, -0.2) is 9.67 Å². The maximum atomic E-state index is 12.8. The zero-order valence-electron chi connectivity index (χ0n) is 11.9. The van der Waals surface area contributed by atoms with E-state index in [-0.39, 0.29) is 11.3 Å². The molecule has 0 unspecified atom stereocenters. The largest absolute Gasteiger partial charge is 0.508 e. The Labute approximate surface area is 123 Å². The van der Waals surface area contributed by atoms with Crippen LogP contribution in [0.4, 0.5) is 0 Å². The van der Waals surface area contributed by atoms with Gasteiger partial charge in [-0.2, -0.15) is 0 Å². The van der Waals surface area contributed by atoms with Gasteiger partial charge in [-0.25, -0.2) is 0 Å². The summed E-state index contributed by atoms with van der Waals surface area (Å²) in [6.07, 6.45) is 0.906. The standard InChI is InChI=1S/C18H17NO2/c1-2-11-19-17-6-4-3-5-14(17)12-16(18(19)21)13-7-9-15(20)10-8-13/h3-10,12,20H,2,11H2,1H3. The monoisotopic (exact) mass is 279 g/mol. The van der Waals surface area contributed by atoms with Gasteiger partial charge in [0.25, 0.3) is 5.56 Å². The van der Waals surface area contributed by atoms with Crippen LogP contribution < -0.4 is 5.56 Å². The van der Waals surface area contributed by atoms with Crippen LogP contribution in [0.2, 0.25) is 0 Å². The van der Waals surface area contributed by atoms with E-state index in [1.807, 2.05) is 34.9 Å². The van der Waals surface area contributed by atoms with Crippen LogP contribution in [0.1, 0.15) is 13.3 Å². The predicted molar refractivity (Wildman–Crippen MR) is 85.6 cm³/mol. The molecule has 0 saturated carbocycles. The lowest BCUT2D eigenvalue weighted by Gasteiger charge is -2.12. The fourth-order valence-corrected chi connectivity index (χ4v) is 2.62. The fraction of sp³-hybridized carbons (Fsp3) is 0.167. The number of pyridine rings is 1. The van der Waals surface area contributed by atoms with Crippen molar-refractivity contribution in [3.8, 4) is 16.9 Å². The van der Waals surface area contributed by atoms with E-state index >= 15 is 0 Å². The van der Waals surface area contributed by atoms with E-state index in [0.717, 1.165) is 22.9 Å². The molecule has 0 fully saturated rings. The normalized spacial score (nSPS) is 10.9. The molecule has 106 valence electrons. The number of para-hydroxylation sites is 1. The molecular weight excluding hydrogens is 262 g/mol. The molecule has 2 aromatic carbocycles. The van der Waals surface area contributed by atoms with Crippen molar-refractivity contribution >= 4 is 10.9 Å². The highest BCUT2D eigenvalue weighted by Gasteiger charge is 2.10. The number of aryl methyl sites for hydroxylation is 1. The highest BCUT2D eigenvalue weighted by Crippen LogP contribution is 2.23. The lowest BCUT2D eigenvalue weighted by atomic mass is 10.0. The SMILES string of the molecule is CCCn1c(=O)c(-c2ccc(O)cc2)cc2ccccc21. The van der Waals surface area contributed by atoms with E-state index < -0.39 is 0 Å². The van der Waals surface area contributed by atoms with Crippen molar-refractivity contribution in [3.63, 3.8) is 0 Å². The number of fused-ring (bicyclic) bond motifs is 1. The van der Waals surface area contributed by atoms with Gasteiger partial charge in [0.1, 0.15) is 5.75 Å². The van der Waals surface area contributed by atoms with Gasteiger partial charge in [-0.1, -0.05) is 37.3 Å². The molecule has 3 nitrogen and oxygen atoms in total. The summed E-state index contributed by atoms with van der Waals surface area (Å²) >= 11 is 0. The zero-order chi connectivity index (χ0) is 14.8. The lowest BCUT2D eigenvalue weighted by molar-refractivity contribution is 0.475. The van der Waals surface area contributed by atoms with E-state index in [1.165, 1.54) is 0 Å². The molecule has 1 N–H and O–H groups in total. The molecule has 0 aliphatic carbocycles. The van der Waals surface area contributed by atoms with Crippen LogP contribution in [0.5, 0.6) is 5.75 Å². The van der Waals surface area contributed by atoms with Crippen LogP contribution in [0.3, 0.4) is 0 Å². The smallest absolute Gasteiger partial charge is 0.258 e. The summed E-state index contributed by atoms with van der Waals surface area (Å²) in [5.74, 6) is 0.202. The molecule has 0 aliphatic rings. The van der Waals surface area contributed by atoms with E-state index in [4.69, 9.17) is 0 Å². The number of hydrogen-bond donors (Lipinski definition) is 1. The van der Waals surface area contributed by atoms with Crippen molar-refractivity contribution in [3.05, 3.63) is 65.0 Å². The molecule has 3 heteroatoms. The van der Waals surface area contributed by atoms with Gasteiger partial charge in [0.2, 0.25) is 0 Å². The van der Waals surface area contributed by atoms with E-state index in [9.17, 15) is 9.90 Å². The number of benzene rings is 2. The Morgan fingerprint density at radius 2 is 1.76 bits per heavy atom. The molecule has 0 atom stereocenters. The van der Waals surface area contributed by atoms with Gasteiger partial charge in [0, 0.05) is 12.1 Å². The molecular formula is C18H17NO2. The van der Waals surface area contributed by atoms with Crippen LogP contribution in [0, 0.1) is 0 Å². The third-order valence-corrected chi connectivity index (χ3v) is 3.63. The van der Waals surface area contributed by atoms with Gasteiger partial charge in [-0.3, -0.25) is 4.79 Å². The first-order valence-electron chi connectivity index (χ1n) is 7.12. The Bertz CT molecular complexity index is 832. The van der Waals surface area contributed by atoms with Gasteiger partial charge in [-0.05, 0) is 41.6 Å². The van der Waals surface area contributed by atoms with E-state index in [0.29, 0.717) is 12.1 Å². The van der Waals surface area contributed by atoms with Crippen molar-refractivity contribution in [1.29, 1.82) is 0 Å². The van der Waals surface area contributed by atoms with Gasteiger partial charge < -0.3 is 9.67 Å². The zero-order valence-corrected chi connectivity index (χ0v) is 11.9. The highest BCUT2D eigenvalue weighted by molar-refractivity contribution is 5.84. The topological polar surface area (TPSA) is 42.2 Å². The summed E-state index contributed by atoms with van der Waals surface area (Å²) in [6, 6.07) is 16.6. The molecule has 1 aromatic heterocycles. The Morgan fingerprint density at radius 1 is 1.05 bits per heavy atom. The minimum Gasteiger partial charge on any atom is -0.508 e. The number of nitrogens with zero attached hydrogens (tertiary/aromatic N) is 1. The first kappa shape index (κ1) is 13.4. The molecule has 0 aliphatic heterocycles. The van der Waals surface area contributed by atoms with Crippen molar-refractivity contribution in [2.24, 2.45) is 0 Å². The maximum absolute atomic E-state index is 12.8. The second kappa shape index (κ2) is 5.44. The van der Waals surface area contributed by atoms with E-state index in [1.54, 1.807) is 24.3 Å². The quantitative estimate of drug-likeness (QED) is 0.792. The second-order valence-corrected chi connectivity index (χ2v) is 5.12. The minimum atomic E-state index is 0.0150. The molecule has 21 heavy (non-hydrogen) atoms. The first-order chi connectivity index (χ1) is 10.2. The van der Waals surface area contributed by atoms with Gasteiger partial charge >= 0.3 is 0 Å². The Balaban J connectivity index is 2.30. The summed E-state index contributed by atoms with van der Waals surface area (Å²) < 4.78 is 1.83. The molecule has 0 spiro atoms. The molecule has 0 amide bonds. The Hall–Kier alpha value is -2.55. The minimum absolute atomic E-state index is 0.0150. The number of phenolic OH excluding ortho intramolecular Hbond substituents is 1. The highest BCUT2D eigenvalue weighted by atomic mass is 16.3. The second-order valence-electron chi connectivity index (χ2n) is 5.12. The van der Waals surface area contributed by atoms with Gasteiger partial charge in [0.05, 0.1) is 5.52 Å². The van der Waals surface area contributed by atoms with Crippen LogP contribution in [0.15, 0.2) is 59.4 Å². The summed E-state index contributed by atoms with van der Waals surface area (Å²) in [4.78, 5) is 12.8. The lowest BCUT2D eigenvalue weighted by Crippen LogP contribution is -2.22. The van der Waals surface area contributed by atoms with Gasteiger partial charge in [0.15, 0.2) is 0 Å². The fourth-order valence-electron chi connectivity index (χ4n) is 2.62. The molecule has 0 bridgehead atoms. The van der Waals surface area contributed by atoms with Gasteiger partial charge in [-0.15, -0.1) is 0 Å². The third-order valence-electron chi connectivity index (χ3n) is 3.63. The molecule has 0 saturated heterocycles. The Morgan fingerprint density at radius 3 is 2.48 bits per heavy atom. The number of aromatic hydroxyl groups is 1. The van der Waals surface area contributed by atoms with Crippen LogP contribution in [0.25, 0.3) is 22.0 Å². The molecule has 3 rings (SSSR count). The summed E-state index contributed by atoms with van der Waals surface area (Å²) in [7, 11) is 0. The number of rotatable bonds is 3. The van der Waals surface area contributed by atoms with Crippen molar-refractivity contribution in [2.75, 3.05) is 0 Å². The average Bonchev–Trinajstić information content (AvgIpc) is 2.51. The molecule has 0 radical (unpaired) electrons.